The Kier molecular flexibility index (Phi) is 5.38. The molecule has 1 aliphatic heterocycles. The first-order valence-corrected chi connectivity index (χ1v) is 9.39. The van der Waals surface area contributed by atoms with Crippen molar-refractivity contribution in [2.45, 2.75) is 32.7 Å². The number of benzene rings is 2. The average Bonchev–Trinajstić information content (AvgIpc) is 2.62. The van der Waals surface area contributed by atoms with Gasteiger partial charge in [-0.2, -0.15) is 0 Å². The maximum Gasteiger partial charge on any atom is 0.328 e. The average molecular weight is 365 g/mol. The quantitative estimate of drug-likeness (QED) is 0.777. The minimum atomic E-state index is -0.949. The highest BCUT2D eigenvalue weighted by molar-refractivity contribution is 5.85. The second-order valence-electron chi connectivity index (χ2n) is 7.80. The van der Waals surface area contributed by atoms with Gasteiger partial charge in [0.05, 0.1) is 5.54 Å². The lowest BCUT2D eigenvalue weighted by atomic mass is 9.76. The van der Waals surface area contributed by atoms with Crippen molar-refractivity contribution in [3.63, 3.8) is 0 Å². The van der Waals surface area contributed by atoms with E-state index in [1.165, 1.54) is 16.7 Å². The SMILES string of the molecule is CC(C)CN1CCc2cc(O)ccc2[C@]1(C)c1ccc(/C=C/C(=O)O)cc1. The van der Waals surface area contributed by atoms with Crippen LogP contribution in [0.4, 0.5) is 0 Å². The van der Waals surface area contributed by atoms with Crippen molar-refractivity contribution >= 4 is 12.0 Å². The molecule has 1 atom stereocenters. The Morgan fingerprint density at radius 1 is 1.22 bits per heavy atom. The molecular weight excluding hydrogens is 338 g/mol. The van der Waals surface area contributed by atoms with Gasteiger partial charge in [0.2, 0.25) is 0 Å². The molecule has 4 heteroatoms. The van der Waals surface area contributed by atoms with Gasteiger partial charge in [-0.25, -0.2) is 4.79 Å². The van der Waals surface area contributed by atoms with E-state index in [0.717, 1.165) is 31.1 Å². The van der Waals surface area contributed by atoms with Gasteiger partial charge in [0.15, 0.2) is 0 Å². The van der Waals surface area contributed by atoms with Crippen molar-refractivity contribution in [1.29, 1.82) is 0 Å². The number of aromatic hydroxyl groups is 1. The molecule has 142 valence electrons. The standard InChI is InChI=1S/C23H27NO3/c1-16(2)15-24-13-12-18-14-20(25)9-10-21(18)23(24,3)19-7-4-17(5-8-19)6-11-22(26)27/h4-11,14,16,25H,12-13,15H2,1-3H3,(H,26,27)/b11-6+/t23-/m0/s1. The van der Waals surface area contributed by atoms with Crippen LogP contribution >= 0.6 is 0 Å². The van der Waals surface area contributed by atoms with Crippen LogP contribution in [-0.2, 0) is 16.8 Å². The summed E-state index contributed by atoms with van der Waals surface area (Å²) in [5.41, 5.74) is 4.15. The van der Waals surface area contributed by atoms with Crippen LogP contribution in [0.1, 0.15) is 43.0 Å². The predicted octanol–water partition coefficient (Wildman–Crippen LogP) is 4.27. The number of hydrogen-bond donors (Lipinski definition) is 2. The van der Waals surface area contributed by atoms with E-state index in [2.05, 4.69) is 37.8 Å². The van der Waals surface area contributed by atoms with Crippen LogP contribution in [0, 0.1) is 5.92 Å². The molecule has 0 fully saturated rings. The maximum absolute atomic E-state index is 10.7. The van der Waals surface area contributed by atoms with Crippen molar-refractivity contribution < 1.29 is 15.0 Å². The zero-order valence-electron chi connectivity index (χ0n) is 16.1. The molecule has 0 aliphatic carbocycles. The summed E-state index contributed by atoms with van der Waals surface area (Å²) in [6.45, 7) is 8.62. The molecule has 0 amide bonds. The van der Waals surface area contributed by atoms with Gasteiger partial charge in [-0.3, -0.25) is 4.90 Å². The molecule has 3 rings (SSSR count). The highest BCUT2D eigenvalue weighted by Gasteiger charge is 2.40. The molecular formula is C23H27NO3. The number of fused-ring (bicyclic) bond motifs is 1. The Morgan fingerprint density at radius 2 is 1.93 bits per heavy atom. The van der Waals surface area contributed by atoms with Gasteiger partial charge in [0, 0.05) is 19.2 Å². The summed E-state index contributed by atoms with van der Waals surface area (Å²) in [7, 11) is 0. The Bertz CT molecular complexity index is 854. The van der Waals surface area contributed by atoms with E-state index in [1.807, 2.05) is 24.3 Å². The van der Waals surface area contributed by atoms with Gasteiger partial charge < -0.3 is 10.2 Å². The molecule has 0 radical (unpaired) electrons. The van der Waals surface area contributed by atoms with E-state index in [0.29, 0.717) is 11.7 Å². The summed E-state index contributed by atoms with van der Waals surface area (Å²) in [5, 5.41) is 18.7. The van der Waals surface area contributed by atoms with E-state index < -0.39 is 5.97 Å². The van der Waals surface area contributed by atoms with Crippen molar-refractivity contribution in [2.24, 2.45) is 5.92 Å². The van der Waals surface area contributed by atoms with Crippen LogP contribution in [0.5, 0.6) is 5.75 Å². The van der Waals surface area contributed by atoms with Crippen LogP contribution in [0.25, 0.3) is 6.08 Å². The molecule has 1 aliphatic rings. The Morgan fingerprint density at radius 3 is 2.56 bits per heavy atom. The monoisotopic (exact) mass is 365 g/mol. The van der Waals surface area contributed by atoms with E-state index in [1.54, 1.807) is 12.1 Å². The van der Waals surface area contributed by atoms with Gasteiger partial charge in [-0.15, -0.1) is 0 Å². The highest BCUT2D eigenvalue weighted by atomic mass is 16.4. The number of carbonyl (C=O) groups is 1. The van der Waals surface area contributed by atoms with Crippen LogP contribution in [0.3, 0.4) is 0 Å². The molecule has 0 saturated carbocycles. The summed E-state index contributed by atoms with van der Waals surface area (Å²) in [6, 6.07) is 13.8. The molecule has 2 aromatic rings. The van der Waals surface area contributed by atoms with Crippen LogP contribution in [0.15, 0.2) is 48.5 Å². The minimum absolute atomic E-state index is 0.291. The second-order valence-corrected chi connectivity index (χ2v) is 7.80. The van der Waals surface area contributed by atoms with Crippen LogP contribution in [-0.4, -0.2) is 34.2 Å². The number of carboxylic acid groups (broad SMARTS) is 1. The van der Waals surface area contributed by atoms with Crippen LogP contribution < -0.4 is 0 Å². The van der Waals surface area contributed by atoms with Crippen molar-refractivity contribution in [3.05, 3.63) is 70.8 Å². The van der Waals surface area contributed by atoms with Gasteiger partial charge in [0.1, 0.15) is 5.75 Å². The molecule has 0 saturated heterocycles. The van der Waals surface area contributed by atoms with Crippen molar-refractivity contribution in [1.82, 2.24) is 4.90 Å². The van der Waals surface area contributed by atoms with Crippen molar-refractivity contribution in [2.75, 3.05) is 13.1 Å². The molecule has 27 heavy (non-hydrogen) atoms. The van der Waals surface area contributed by atoms with E-state index in [-0.39, 0.29) is 5.54 Å². The molecule has 0 unspecified atom stereocenters. The molecule has 1 heterocycles. The number of aliphatic carboxylic acids is 1. The van der Waals surface area contributed by atoms with Gasteiger partial charge in [0.25, 0.3) is 0 Å². The number of phenols is 1. The van der Waals surface area contributed by atoms with E-state index in [4.69, 9.17) is 5.11 Å². The molecule has 4 nitrogen and oxygen atoms in total. The fraction of sp³-hybridized carbons (Fsp3) is 0.348. The Balaban J connectivity index is 2.06. The molecule has 0 spiro atoms. The third kappa shape index (κ3) is 3.91. The summed E-state index contributed by atoms with van der Waals surface area (Å²) in [5.74, 6) is -0.0986. The summed E-state index contributed by atoms with van der Waals surface area (Å²) >= 11 is 0. The van der Waals surface area contributed by atoms with E-state index >= 15 is 0 Å². The summed E-state index contributed by atoms with van der Waals surface area (Å²) in [4.78, 5) is 13.2. The van der Waals surface area contributed by atoms with Gasteiger partial charge in [-0.1, -0.05) is 44.2 Å². The third-order valence-electron chi connectivity index (χ3n) is 5.37. The zero-order chi connectivity index (χ0) is 19.6. The highest BCUT2D eigenvalue weighted by Crippen LogP contribution is 2.42. The summed E-state index contributed by atoms with van der Waals surface area (Å²) in [6.07, 6.45) is 3.68. The molecule has 0 bridgehead atoms. The second kappa shape index (κ2) is 7.57. The summed E-state index contributed by atoms with van der Waals surface area (Å²) < 4.78 is 0. The molecule has 2 N–H and O–H groups in total. The fourth-order valence-corrected chi connectivity index (χ4v) is 4.05. The number of carboxylic acids is 1. The Hall–Kier alpha value is -2.59. The number of rotatable bonds is 5. The first kappa shape index (κ1) is 19.2. The first-order chi connectivity index (χ1) is 12.8. The van der Waals surface area contributed by atoms with Crippen molar-refractivity contribution in [3.8, 4) is 5.75 Å². The maximum atomic E-state index is 10.7. The number of nitrogens with zero attached hydrogens (tertiary/aromatic N) is 1. The van der Waals surface area contributed by atoms with Crippen LogP contribution in [0.2, 0.25) is 0 Å². The molecule has 0 aromatic heterocycles. The zero-order valence-corrected chi connectivity index (χ0v) is 16.1. The van der Waals surface area contributed by atoms with E-state index in [9.17, 15) is 9.90 Å². The lowest BCUT2D eigenvalue weighted by Gasteiger charge is -2.47. The van der Waals surface area contributed by atoms with Gasteiger partial charge in [-0.05, 0) is 59.7 Å². The Labute approximate surface area is 160 Å². The number of phenolic OH excluding ortho intramolecular Hbond substituents is 1. The molecule has 2 aromatic carbocycles. The first-order valence-electron chi connectivity index (χ1n) is 9.39. The smallest absolute Gasteiger partial charge is 0.328 e. The number of hydrogen-bond acceptors (Lipinski definition) is 3. The largest absolute Gasteiger partial charge is 0.508 e. The minimum Gasteiger partial charge on any atom is -0.508 e. The lowest BCUT2D eigenvalue weighted by molar-refractivity contribution is -0.131. The lowest BCUT2D eigenvalue weighted by Crippen LogP contribution is -2.50. The normalized spacial score (nSPS) is 20.1. The topological polar surface area (TPSA) is 60.8 Å². The third-order valence-corrected chi connectivity index (χ3v) is 5.37. The predicted molar refractivity (Wildman–Crippen MR) is 108 cm³/mol. The fourth-order valence-electron chi connectivity index (χ4n) is 4.05. The van der Waals surface area contributed by atoms with Gasteiger partial charge >= 0.3 is 5.97 Å².